The Morgan fingerprint density at radius 1 is 0.970 bits per heavy atom. The highest BCUT2D eigenvalue weighted by atomic mass is 16.5. The van der Waals surface area contributed by atoms with Crippen molar-refractivity contribution in [3.05, 3.63) is 48.8 Å². The maximum atomic E-state index is 12.1. The summed E-state index contributed by atoms with van der Waals surface area (Å²) in [4.78, 5) is 12.1. The smallest absolute Gasteiger partial charge is 0.257 e. The number of amides is 1. The molecule has 183 valence electrons. The lowest BCUT2D eigenvalue weighted by atomic mass is 9.49. The van der Waals surface area contributed by atoms with Crippen LogP contribution in [0.4, 0.5) is 0 Å². The second-order valence-corrected chi connectivity index (χ2v) is 9.95. The van der Waals surface area contributed by atoms with Gasteiger partial charge in [-0.25, -0.2) is 0 Å². The highest BCUT2D eigenvalue weighted by Crippen LogP contribution is 2.37. The molecular formula is C29H47BNO2. The van der Waals surface area contributed by atoms with Gasteiger partial charge in [0.2, 0.25) is 0 Å². The third-order valence-electron chi connectivity index (χ3n) is 7.35. The van der Waals surface area contributed by atoms with E-state index in [2.05, 4.69) is 25.8 Å². The maximum Gasteiger partial charge on any atom is 0.257 e. The Balaban J connectivity index is 1.62. The topological polar surface area (TPSA) is 38.3 Å². The van der Waals surface area contributed by atoms with Gasteiger partial charge in [-0.15, -0.1) is 0 Å². The Hall–Kier alpha value is -1.71. The van der Waals surface area contributed by atoms with Crippen LogP contribution in [0.1, 0.15) is 96.8 Å². The molecule has 3 nitrogen and oxygen atoms in total. The molecule has 1 amide bonds. The van der Waals surface area contributed by atoms with Crippen LogP contribution in [0, 0.1) is 5.92 Å². The second-order valence-electron chi connectivity index (χ2n) is 9.95. The number of rotatable bonds is 11. The molecule has 0 aromatic carbocycles. The molecule has 0 saturated heterocycles. The molecule has 2 fully saturated rings. The van der Waals surface area contributed by atoms with Gasteiger partial charge >= 0.3 is 0 Å². The van der Waals surface area contributed by atoms with Crippen molar-refractivity contribution in [1.82, 2.24) is 5.32 Å². The van der Waals surface area contributed by atoms with Crippen LogP contribution in [-0.4, -0.2) is 26.3 Å². The maximum absolute atomic E-state index is 12.1. The van der Waals surface area contributed by atoms with Gasteiger partial charge in [0.25, 0.3) is 5.91 Å². The molecule has 0 unspecified atom stereocenters. The summed E-state index contributed by atoms with van der Waals surface area (Å²) in [5.74, 6) is 2.90. The van der Waals surface area contributed by atoms with E-state index in [1.807, 2.05) is 13.0 Å². The van der Waals surface area contributed by atoms with E-state index in [-0.39, 0.29) is 12.5 Å². The molecule has 0 aliphatic heterocycles. The van der Waals surface area contributed by atoms with E-state index in [4.69, 9.17) is 4.74 Å². The molecule has 1 N–H and O–H groups in total. The van der Waals surface area contributed by atoms with Crippen molar-refractivity contribution >= 4 is 13.2 Å². The molecule has 2 saturated carbocycles. The molecule has 0 aromatic heterocycles. The minimum atomic E-state index is -0.0839. The first-order valence-corrected chi connectivity index (χ1v) is 13.5. The highest BCUT2D eigenvalue weighted by Gasteiger charge is 2.22. The second kappa shape index (κ2) is 16.8. The largest absolute Gasteiger partial charge is 0.484 e. The van der Waals surface area contributed by atoms with Crippen molar-refractivity contribution < 1.29 is 9.53 Å². The van der Waals surface area contributed by atoms with Gasteiger partial charge in [0, 0.05) is 6.54 Å². The number of hydrogen-bond donors (Lipinski definition) is 1. The van der Waals surface area contributed by atoms with Crippen LogP contribution in [-0.2, 0) is 9.53 Å². The predicted molar refractivity (Wildman–Crippen MR) is 143 cm³/mol. The van der Waals surface area contributed by atoms with Gasteiger partial charge in [-0.3, -0.25) is 4.79 Å². The normalized spacial score (nSPS) is 23.6. The molecule has 2 aliphatic rings. The number of carbonyl (C=O) groups is 1. The van der Waals surface area contributed by atoms with Crippen molar-refractivity contribution in [2.75, 3.05) is 13.2 Å². The zero-order chi connectivity index (χ0) is 23.7. The number of nitrogens with one attached hydrogen (secondary N) is 1. The Kier molecular flexibility index (Phi) is 14.1. The average molecular weight is 453 g/mol. The molecule has 0 bridgehead atoms. The average Bonchev–Trinajstić information content (AvgIpc) is 2.77. The third kappa shape index (κ3) is 11.8. The fraction of sp³-hybridized carbons (Fsp3) is 0.690. The van der Waals surface area contributed by atoms with Gasteiger partial charge in [-0.05, 0) is 44.3 Å². The molecule has 1 radical (unpaired) electrons. The summed E-state index contributed by atoms with van der Waals surface area (Å²) in [6, 6.07) is 0. The lowest BCUT2D eigenvalue weighted by Crippen LogP contribution is -2.29. The van der Waals surface area contributed by atoms with Crippen LogP contribution in [0.5, 0.6) is 0 Å². The predicted octanol–water partition coefficient (Wildman–Crippen LogP) is 7.71. The fourth-order valence-electron chi connectivity index (χ4n) is 5.36. The van der Waals surface area contributed by atoms with Crippen LogP contribution >= 0.6 is 0 Å². The van der Waals surface area contributed by atoms with Gasteiger partial charge in [0.15, 0.2) is 6.61 Å². The summed E-state index contributed by atoms with van der Waals surface area (Å²) in [6.45, 7) is 10.6. The molecule has 0 heterocycles. The molecule has 4 heteroatoms. The summed E-state index contributed by atoms with van der Waals surface area (Å²) < 4.78 is 5.53. The van der Waals surface area contributed by atoms with E-state index in [1.165, 1.54) is 89.0 Å². The van der Waals surface area contributed by atoms with Crippen LogP contribution in [0.3, 0.4) is 0 Å². The number of ether oxygens (including phenoxy) is 1. The highest BCUT2D eigenvalue weighted by molar-refractivity contribution is 6.39. The number of hydrogen-bond acceptors (Lipinski definition) is 2. The van der Waals surface area contributed by atoms with E-state index in [1.54, 1.807) is 18.2 Å². The van der Waals surface area contributed by atoms with E-state index < -0.39 is 0 Å². The van der Waals surface area contributed by atoms with E-state index in [9.17, 15) is 4.79 Å². The first-order chi connectivity index (χ1) is 16.1. The first-order valence-electron chi connectivity index (χ1n) is 13.5. The summed E-state index contributed by atoms with van der Waals surface area (Å²) in [5.41, 5.74) is 1.31. The zero-order valence-electron chi connectivity index (χ0n) is 21.2. The lowest BCUT2D eigenvalue weighted by molar-refractivity contribution is -0.124. The summed E-state index contributed by atoms with van der Waals surface area (Å²) in [5, 5.41) is 2.98. The lowest BCUT2D eigenvalue weighted by Gasteiger charge is -2.28. The summed E-state index contributed by atoms with van der Waals surface area (Å²) in [6.07, 6.45) is 25.9. The van der Waals surface area contributed by atoms with Crippen molar-refractivity contribution in [2.45, 2.75) is 108 Å². The Bertz CT molecular complexity index is 636. The quantitative estimate of drug-likeness (QED) is 0.151. The molecule has 0 aromatic rings. The molecule has 33 heavy (non-hydrogen) atoms. The van der Waals surface area contributed by atoms with Crippen molar-refractivity contribution in [3.8, 4) is 0 Å². The third-order valence-corrected chi connectivity index (χ3v) is 7.35. The van der Waals surface area contributed by atoms with E-state index >= 15 is 0 Å². The van der Waals surface area contributed by atoms with Crippen LogP contribution < -0.4 is 5.32 Å². The molecular weight excluding hydrogens is 405 g/mol. The molecule has 0 spiro atoms. The number of carbonyl (C=O) groups excluding carboxylic acids is 1. The van der Waals surface area contributed by atoms with Gasteiger partial charge < -0.3 is 10.1 Å². The van der Waals surface area contributed by atoms with Crippen LogP contribution in [0.15, 0.2) is 48.8 Å². The van der Waals surface area contributed by atoms with Crippen molar-refractivity contribution in [1.29, 1.82) is 0 Å². The van der Waals surface area contributed by atoms with Crippen molar-refractivity contribution in [2.24, 2.45) is 5.92 Å². The van der Waals surface area contributed by atoms with Gasteiger partial charge in [0.05, 0.1) is 0 Å². The number of allylic oxidation sites excluding steroid dienone is 4. The summed E-state index contributed by atoms with van der Waals surface area (Å²) >= 11 is 0. The first kappa shape index (κ1) is 27.5. The molecule has 2 aliphatic carbocycles. The Morgan fingerprint density at radius 3 is 2.18 bits per heavy atom. The minimum absolute atomic E-state index is 0.0376. The van der Waals surface area contributed by atoms with E-state index in [0.29, 0.717) is 18.2 Å². The minimum Gasteiger partial charge on any atom is -0.484 e. The zero-order valence-corrected chi connectivity index (χ0v) is 21.2. The molecule has 0 atom stereocenters. The van der Waals surface area contributed by atoms with Gasteiger partial charge in [-0.2, -0.15) is 0 Å². The SMILES string of the molecule is C=C/C=C\C(=C/C)OCC(=O)NCCC(=C)C1CCCC([B]C2CCCCCCC2)CCC1. The van der Waals surface area contributed by atoms with Crippen LogP contribution in [0.25, 0.3) is 0 Å². The summed E-state index contributed by atoms with van der Waals surface area (Å²) in [7, 11) is 2.75. The van der Waals surface area contributed by atoms with Gasteiger partial charge in [0.1, 0.15) is 13.0 Å². The standard InChI is InChI=1S/C29H47BNO2/c1-4-6-20-28(5-2)33-23-29(32)31-22-21-24(3)25-14-12-18-27(19-13-15-25)30-26-16-10-8-7-9-11-17-26/h4-6,20,25-27H,1,3,7-19,21-23H2,2H3,(H,31,32)/b20-6-,28-5+. The Morgan fingerprint density at radius 2 is 1.58 bits per heavy atom. The fourth-order valence-corrected chi connectivity index (χ4v) is 5.36. The van der Waals surface area contributed by atoms with Crippen molar-refractivity contribution in [3.63, 3.8) is 0 Å². The molecule has 2 rings (SSSR count). The van der Waals surface area contributed by atoms with Gasteiger partial charge in [-0.1, -0.05) is 113 Å². The monoisotopic (exact) mass is 452 g/mol. The van der Waals surface area contributed by atoms with Crippen LogP contribution in [0.2, 0.25) is 11.6 Å². The van der Waals surface area contributed by atoms with E-state index in [0.717, 1.165) is 18.1 Å². The Labute approximate surface area is 204 Å².